The minimum Gasteiger partial charge on any atom is -0.378 e. The second kappa shape index (κ2) is 10.7. The SMILES string of the molecule is CN1CCN(Cc2ccnc(N3CCOCC3)n2)CC1C(=O)Nc1cccc(N2CCCC2)c1. The summed E-state index contributed by atoms with van der Waals surface area (Å²) < 4.78 is 5.44. The summed E-state index contributed by atoms with van der Waals surface area (Å²) in [5.41, 5.74) is 3.04. The molecule has 1 aromatic carbocycles. The Morgan fingerprint density at radius 2 is 1.88 bits per heavy atom. The first kappa shape index (κ1) is 23.0. The van der Waals surface area contributed by atoms with Crippen molar-refractivity contribution in [3.05, 3.63) is 42.2 Å². The van der Waals surface area contributed by atoms with E-state index in [0.717, 1.165) is 56.6 Å². The fraction of sp³-hybridized carbons (Fsp3) is 0.560. The number of rotatable bonds is 6. The Bertz CT molecular complexity index is 975. The molecule has 3 aliphatic heterocycles. The average Bonchev–Trinajstić information content (AvgIpc) is 3.41. The first-order valence-electron chi connectivity index (χ1n) is 12.4. The van der Waals surface area contributed by atoms with Crippen LogP contribution in [-0.4, -0.2) is 97.8 Å². The summed E-state index contributed by atoms with van der Waals surface area (Å²) in [5.74, 6) is 0.810. The van der Waals surface area contributed by atoms with Crippen molar-refractivity contribution in [3.63, 3.8) is 0 Å². The van der Waals surface area contributed by atoms with Crippen LogP contribution >= 0.6 is 0 Å². The Morgan fingerprint density at radius 1 is 1.06 bits per heavy atom. The fourth-order valence-corrected chi connectivity index (χ4v) is 4.96. The van der Waals surface area contributed by atoms with E-state index < -0.39 is 0 Å². The predicted molar refractivity (Wildman–Crippen MR) is 133 cm³/mol. The quantitative estimate of drug-likeness (QED) is 0.691. The van der Waals surface area contributed by atoms with Gasteiger partial charge in [0.1, 0.15) is 6.04 Å². The molecule has 9 heteroatoms. The van der Waals surface area contributed by atoms with E-state index in [1.54, 1.807) is 0 Å². The number of nitrogens with zero attached hydrogens (tertiary/aromatic N) is 6. The molecule has 3 fully saturated rings. The number of benzene rings is 1. The Morgan fingerprint density at radius 3 is 2.71 bits per heavy atom. The summed E-state index contributed by atoms with van der Waals surface area (Å²) in [4.78, 5) is 31.5. The Balaban J connectivity index is 1.21. The molecule has 1 amide bonds. The summed E-state index contributed by atoms with van der Waals surface area (Å²) in [6, 6.07) is 10.00. The second-order valence-electron chi connectivity index (χ2n) is 9.41. The van der Waals surface area contributed by atoms with E-state index >= 15 is 0 Å². The Hall–Kier alpha value is -2.75. The van der Waals surface area contributed by atoms with Crippen LogP contribution in [0.2, 0.25) is 0 Å². The number of piperazine rings is 1. The average molecular weight is 466 g/mol. The zero-order valence-corrected chi connectivity index (χ0v) is 20.0. The van der Waals surface area contributed by atoms with E-state index in [0.29, 0.717) is 26.3 Å². The van der Waals surface area contributed by atoms with Gasteiger partial charge in [-0.1, -0.05) is 6.07 Å². The van der Waals surface area contributed by atoms with Crippen LogP contribution in [0, 0.1) is 0 Å². The molecule has 1 unspecified atom stereocenters. The van der Waals surface area contributed by atoms with Crippen LogP contribution in [0.15, 0.2) is 36.5 Å². The molecule has 1 aromatic heterocycles. The van der Waals surface area contributed by atoms with Gasteiger partial charge in [-0.25, -0.2) is 9.97 Å². The molecule has 1 N–H and O–H groups in total. The van der Waals surface area contributed by atoms with Gasteiger partial charge in [0.15, 0.2) is 0 Å². The molecule has 0 saturated carbocycles. The molecule has 4 heterocycles. The number of amides is 1. The maximum Gasteiger partial charge on any atom is 0.243 e. The van der Waals surface area contributed by atoms with Crippen LogP contribution in [0.1, 0.15) is 18.5 Å². The van der Waals surface area contributed by atoms with Gasteiger partial charge in [0.25, 0.3) is 0 Å². The number of ether oxygens (including phenoxy) is 1. The lowest BCUT2D eigenvalue weighted by Gasteiger charge is -2.38. The number of nitrogens with one attached hydrogen (secondary N) is 1. The van der Waals surface area contributed by atoms with E-state index in [2.05, 4.69) is 42.0 Å². The highest BCUT2D eigenvalue weighted by molar-refractivity contribution is 5.95. The lowest BCUT2D eigenvalue weighted by molar-refractivity contribution is -0.123. The third-order valence-electron chi connectivity index (χ3n) is 7.00. The van der Waals surface area contributed by atoms with Crippen molar-refractivity contribution in [1.29, 1.82) is 0 Å². The van der Waals surface area contributed by atoms with Gasteiger partial charge in [-0.05, 0) is 44.2 Å². The fourth-order valence-electron chi connectivity index (χ4n) is 4.96. The summed E-state index contributed by atoms with van der Waals surface area (Å²) in [7, 11) is 2.03. The summed E-state index contributed by atoms with van der Waals surface area (Å²) >= 11 is 0. The van der Waals surface area contributed by atoms with E-state index in [-0.39, 0.29) is 11.9 Å². The van der Waals surface area contributed by atoms with Gasteiger partial charge in [-0.3, -0.25) is 14.6 Å². The normalized spacial score (nSPS) is 22.2. The monoisotopic (exact) mass is 465 g/mol. The van der Waals surface area contributed by atoms with Crippen LogP contribution in [0.5, 0.6) is 0 Å². The zero-order chi connectivity index (χ0) is 23.3. The minimum absolute atomic E-state index is 0.0439. The Labute approximate surface area is 201 Å². The smallest absolute Gasteiger partial charge is 0.243 e. The number of hydrogen-bond donors (Lipinski definition) is 1. The first-order valence-corrected chi connectivity index (χ1v) is 12.4. The molecule has 0 bridgehead atoms. The first-order chi connectivity index (χ1) is 16.7. The van der Waals surface area contributed by atoms with E-state index in [9.17, 15) is 4.79 Å². The van der Waals surface area contributed by atoms with Crippen LogP contribution < -0.4 is 15.1 Å². The molecule has 1 atom stereocenters. The van der Waals surface area contributed by atoms with Crippen molar-refractivity contribution in [3.8, 4) is 0 Å². The number of anilines is 3. The summed E-state index contributed by atoms with van der Waals surface area (Å²) in [6.45, 7) is 8.37. The van der Waals surface area contributed by atoms with Gasteiger partial charge in [-0.15, -0.1) is 0 Å². The Kier molecular flexibility index (Phi) is 7.22. The van der Waals surface area contributed by atoms with E-state index in [4.69, 9.17) is 9.72 Å². The molecule has 0 aliphatic carbocycles. The molecule has 3 saturated heterocycles. The van der Waals surface area contributed by atoms with Crippen molar-refractivity contribution in [1.82, 2.24) is 19.8 Å². The molecule has 3 aliphatic rings. The van der Waals surface area contributed by atoms with Crippen molar-refractivity contribution in [2.75, 3.05) is 81.2 Å². The van der Waals surface area contributed by atoms with Gasteiger partial charge < -0.3 is 19.9 Å². The lowest BCUT2D eigenvalue weighted by atomic mass is 10.1. The molecule has 182 valence electrons. The molecule has 2 aromatic rings. The van der Waals surface area contributed by atoms with Gasteiger partial charge in [-0.2, -0.15) is 0 Å². The highest BCUT2D eigenvalue weighted by atomic mass is 16.5. The van der Waals surface area contributed by atoms with Crippen LogP contribution in [-0.2, 0) is 16.1 Å². The molecular weight excluding hydrogens is 430 g/mol. The molecule has 9 nitrogen and oxygen atoms in total. The van der Waals surface area contributed by atoms with Crippen molar-refractivity contribution in [2.45, 2.75) is 25.4 Å². The topological polar surface area (TPSA) is 77.1 Å². The van der Waals surface area contributed by atoms with Crippen LogP contribution in [0.4, 0.5) is 17.3 Å². The van der Waals surface area contributed by atoms with Crippen molar-refractivity contribution in [2.24, 2.45) is 0 Å². The van der Waals surface area contributed by atoms with Crippen LogP contribution in [0.25, 0.3) is 0 Å². The van der Waals surface area contributed by atoms with Crippen molar-refractivity contribution >= 4 is 23.2 Å². The summed E-state index contributed by atoms with van der Waals surface area (Å²) in [5, 5.41) is 3.16. The van der Waals surface area contributed by atoms with Crippen LogP contribution in [0.3, 0.4) is 0 Å². The highest BCUT2D eigenvalue weighted by Gasteiger charge is 2.30. The molecular formula is C25H35N7O2. The molecule has 5 rings (SSSR count). The largest absolute Gasteiger partial charge is 0.378 e. The highest BCUT2D eigenvalue weighted by Crippen LogP contribution is 2.24. The number of aromatic nitrogens is 2. The lowest BCUT2D eigenvalue weighted by Crippen LogP contribution is -2.55. The number of likely N-dealkylation sites (N-methyl/N-ethyl adjacent to an activating group) is 1. The third-order valence-corrected chi connectivity index (χ3v) is 7.00. The van der Waals surface area contributed by atoms with E-state index in [1.807, 2.05) is 31.4 Å². The predicted octanol–water partition coefficient (Wildman–Crippen LogP) is 1.67. The van der Waals surface area contributed by atoms with Gasteiger partial charge in [0.05, 0.1) is 18.9 Å². The third kappa shape index (κ3) is 5.48. The second-order valence-corrected chi connectivity index (χ2v) is 9.41. The minimum atomic E-state index is -0.204. The number of morpholine rings is 1. The standard InChI is InChI=1S/C25H35N7O2/c1-29-11-12-30(18-21-7-8-26-25(28-21)32-13-15-34-16-14-32)19-23(29)24(33)27-20-5-4-6-22(17-20)31-9-2-3-10-31/h4-8,17,23H,2-3,9-16,18-19H2,1H3,(H,27,33). The number of hydrogen-bond acceptors (Lipinski definition) is 8. The molecule has 0 radical (unpaired) electrons. The van der Waals surface area contributed by atoms with Gasteiger partial charge >= 0.3 is 0 Å². The maximum absolute atomic E-state index is 13.2. The van der Waals surface area contributed by atoms with Crippen molar-refractivity contribution < 1.29 is 9.53 Å². The summed E-state index contributed by atoms with van der Waals surface area (Å²) in [6.07, 6.45) is 4.31. The molecule has 0 spiro atoms. The number of carbonyl (C=O) groups is 1. The maximum atomic E-state index is 13.2. The van der Waals surface area contributed by atoms with Gasteiger partial charge in [0, 0.05) is 69.9 Å². The van der Waals surface area contributed by atoms with Gasteiger partial charge in [0.2, 0.25) is 11.9 Å². The van der Waals surface area contributed by atoms with E-state index in [1.165, 1.54) is 18.5 Å². The number of carbonyl (C=O) groups excluding carboxylic acids is 1. The zero-order valence-electron chi connectivity index (χ0n) is 20.0. The molecule has 34 heavy (non-hydrogen) atoms.